The summed E-state index contributed by atoms with van der Waals surface area (Å²) in [6.07, 6.45) is 44.6. The van der Waals surface area contributed by atoms with Gasteiger partial charge in [0.1, 0.15) is 0 Å². The lowest BCUT2D eigenvalue weighted by Crippen LogP contribution is -2.35. The van der Waals surface area contributed by atoms with Crippen molar-refractivity contribution < 1.29 is 21.9 Å². The number of aliphatic hydroxyl groups is 1. The van der Waals surface area contributed by atoms with E-state index in [-0.39, 0.29) is 13.2 Å². The molecule has 0 heterocycles. The van der Waals surface area contributed by atoms with Crippen LogP contribution in [0.15, 0.2) is 0 Å². The first-order valence-corrected chi connectivity index (χ1v) is 22.5. The predicted octanol–water partition coefficient (Wildman–Crippen LogP) is 13.7. The highest BCUT2D eigenvalue weighted by Gasteiger charge is 2.34. The molecule has 284 valence electrons. The summed E-state index contributed by atoms with van der Waals surface area (Å²) in [6.45, 7) is 6.02. The fourth-order valence-corrected chi connectivity index (χ4v) is 8.04. The molecule has 0 radical (unpaired) electrons. The normalized spacial score (nSPS) is 12.3. The van der Waals surface area contributed by atoms with Gasteiger partial charge >= 0.3 is 10.4 Å². The summed E-state index contributed by atoms with van der Waals surface area (Å²) in [6, 6.07) is 0. The molecule has 0 aromatic rings. The summed E-state index contributed by atoms with van der Waals surface area (Å²) in [5.41, 5.74) is -0.694. The molecule has 47 heavy (non-hydrogen) atoms. The van der Waals surface area contributed by atoms with Gasteiger partial charge in [0.25, 0.3) is 0 Å². The zero-order valence-corrected chi connectivity index (χ0v) is 33.0. The standard InChI is InChI=1S/C41H84O5S/c1-4-7-9-11-13-15-17-19-21-23-25-27-29-31-33-35-37-41(6-3,46-47(43,44)45-40-39-42)38-36-34-32-30-28-26-24-22-20-18-16-14-12-10-8-5-2/h42H,4-40H2,1-3H3. The van der Waals surface area contributed by atoms with Gasteiger partial charge < -0.3 is 5.11 Å². The number of rotatable bonds is 40. The predicted molar refractivity (Wildman–Crippen MR) is 204 cm³/mol. The third kappa shape index (κ3) is 32.8. The second kappa shape index (κ2) is 35.6. The Morgan fingerprint density at radius 3 is 0.915 bits per heavy atom. The van der Waals surface area contributed by atoms with Gasteiger partial charge in [0, 0.05) is 0 Å². The first-order valence-electron chi connectivity index (χ1n) is 21.2. The Morgan fingerprint density at radius 2 is 0.681 bits per heavy atom. The van der Waals surface area contributed by atoms with Crippen LogP contribution in [0.2, 0.25) is 0 Å². The molecule has 0 aliphatic heterocycles. The molecule has 1 N–H and O–H groups in total. The van der Waals surface area contributed by atoms with Gasteiger partial charge in [-0.3, -0.25) is 0 Å². The van der Waals surface area contributed by atoms with Crippen LogP contribution in [0.3, 0.4) is 0 Å². The average Bonchev–Trinajstić information content (AvgIpc) is 3.06. The van der Waals surface area contributed by atoms with Crippen molar-refractivity contribution in [3.8, 4) is 0 Å². The summed E-state index contributed by atoms with van der Waals surface area (Å²) in [7, 11) is -4.12. The number of aliphatic hydroxyl groups excluding tert-OH is 1. The highest BCUT2D eigenvalue weighted by atomic mass is 32.3. The molecule has 0 spiro atoms. The van der Waals surface area contributed by atoms with E-state index >= 15 is 0 Å². The van der Waals surface area contributed by atoms with Crippen LogP contribution in [0.25, 0.3) is 0 Å². The highest BCUT2D eigenvalue weighted by Crippen LogP contribution is 2.33. The van der Waals surface area contributed by atoms with Gasteiger partial charge in [-0.15, -0.1) is 0 Å². The Balaban J connectivity index is 4.12. The van der Waals surface area contributed by atoms with Crippen LogP contribution in [0.1, 0.15) is 245 Å². The molecule has 0 bridgehead atoms. The molecule has 0 saturated carbocycles. The lowest BCUT2D eigenvalue weighted by molar-refractivity contribution is 0.0260. The number of hydrogen-bond acceptors (Lipinski definition) is 5. The van der Waals surface area contributed by atoms with E-state index in [4.69, 9.17) is 13.5 Å². The van der Waals surface area contributed by atoms with Gasteiger partial charge in [-0.25, -0.2) is 8.37 Å². The topological polar surface area (TPSA) is 72.8 Å². The lowest BCUT2D eigenvalue weighted by atomic mass is 9.87. The molecule has 0 aliphatic rings. The molecule has 6 heteroatoms. The van der Waals surface area contributed by atoms with Gasteiger partial charge in [0.15, 0.2) is 0 Å². The van der Waals surface area contributed by atoms with Crippen molar-refractivity contribution in [2.24, 2.45) is 0 Å². The Bertz CT molecular complexity index is 675. The SMILES string of the molecule is CCCCCCCCCCCCCCCCCCC(CC)(CCCCCCCCCCCCCCCCCC)OS(=O)(=O)OCCO. The molecule has 0 aliphatic carbocycles. The van der Waals surface area contributed by atoms with Crippen molar-refractivity contribution in [2.45, 2.75) is 251 Å². The van der Waals surface area contributed by atoms with Crippen LogP contribution in [-0.4, -0.2) is 32.3 Å². The van der Waals surface area contributed by atoms with E-state index in [0.717, 1.165) is 38.5 Å². The van der Waals surface area contributed by atoms with E-state index in [9.17, 15) is 8.42 Å². The smallest absolute Gasteiger partial charge is 0.394 e. The average molecular weight is 689 g/mol. The lowest BCUT2D eigenvalue weighted by Gasteiger charge is -2.32. The van der Waals surface area contributed by atoms with Crippen LogP contribution in [0, 0.1) is 0 Å². The Hall–Kier alpha value is -0.170. The van der Waals surface area contributed by atoms with Crippen molar-refractivity contribution in [1.29, 1.82) is 0 Å². The second-order valence-electron chi connectivity index (χ2n) is 14.7. The van der Waals surface area contributed by atoms with E-state index in [1.54, 1.807) is 0 Å². The minimum absolute atomic E-state index is 0.250. The van der Waals surface area contributed by atoms with E-state index in [0.29, 0.717) is 6.42 Å². The Labute approximate surface area is 295 Å². The molecule has 0 unspecified atom stereocenters. The number of unbranched alkanes of at least 4 members (excludes halogenated alkanes) is 30. The van der Waals surface area contributed by atoms with E-state index in [1.165, 1.54) is 180 Å². The van der Waals surface area contributed by atoms with Crippen LogP contribution in [0.5, 0.6) is 0 Å². The summed E-state index contributed by atoms with van der Waals surface area (Å²) in [5.74, 6) is 0. The summed E-state index contributed by atoms with van der Waals surface area (Å²) in [4.78, 5) is 0. The fraction of sp³-hybridized carbons (Fsp3) is 1.00. The van der Waals surface area contributed by atoms with Crippen molar-refractivity contribution >= 4 is 10.4 Å². The highest BCUT2D eigenvalue weighted by molar-refractivity contribution is 7.81. The molecule has 5 nitrogen and oxygen atoms in total. The van der Waals surface area contributed by atoms with Gasteiger partial charge in [0.2, 0.25) is 0 Å². The maximum absolute atomic E-state index is 12.6. The van der Waals surface area contributed by atoms with Crippen molar-refractivity contribution in [3.05, 3.63) is 0 Å². The van der Waals surface area contributed by atoms with E-state index < -0.39 is 16.0 Å². The van der Waals surface area contributed by atoms with Crippen LogP contribution in [0.4, 0.5) is 0 Å². The van der Waals surface area contributed by atoms with Gasteiger partial charge in [-0.1, -0.05) is 226 Å². The van der Waals surface area contributed by atoms with Crippen molar-refractivity contribution in [3.63, 3.8) is 0 Å². The van der Waals surface area contributed by atoms with E-state index in [2.05, 4.69) is 13.8 Å². The summed E-state index contributed by atoms with van der Waals surface area (Å²) < 4.78 is 35.8. The summed E-state index contributed by atoms with van der Waals surface area (Å²) in [5, 5.41) is 9.06. The van der Waals surface area contributed by atoms with E-state index in [1.807, 2.05) is 6.92 Å². The zero-order chi connectivity index (χ0) is 34.6. The fourth-order valence-electron chi connectivity index (χ4n) is 6.99. The van der Waals surface area contributed by atoms with Gasteiger partial charge in [-0.05, 0) is 19.3 Å². The molecular formula is C41H84O5S. The van der Waals surface area contributed by atoms with Crippen molar-refractivity contribution in [1.82, 2.24) is 0 Å². The monoisotopic (exact) mass is 689 g/mol. The molecule has 0 atom stereocenters. The minimum atomic E-state index is -4.12. The second-order valence-corrected chi connectivity index (χ2v) is 15.9. The zero-order valence-electron chi connectivity index (χ0n) is 32.2. The van der Waals surface area contributed by atoms with Crippen LogP contribution in [-0.2, 0) is 18.8 Å². The molecule has 0 aromatic carbocycles. The molecule has 0 fully saturated rings. The first kappa shape index (κ1) is 46.8. The maximum atomic E-state index is 12.6. The number of hydrogen-bond donors (Lipinski definition) is 1. The molecule has 0 saturated heterocycles. The molecule has 0 rings (SSSR count). The Kier molecular flexibility index (Phi) is 35.5. The Morgan fingerprint density at radius 1 is 0.426 bits per heavy atom. The third-order valence-electron chi connectivity index (χ3n) is 10.2. The van der Waals surface area contributed by atoms with Gasteiger partial charge in [-0.2, -0.15) is 8.42 Å². The third-order valence-corrected chi connectivity index (χ3v) is 11.2. The van der Waals surface area contributed by atoms with Crippen LogP contribution < -0.4 is 0 Å². The first-order chi connectivity index (χ1) is 22.9. The molecule has 0 aromatic heterocycles. The largest absolute Gasteiger partial charge is 0.400 e. The van der Waals surface area contributed by atoms with Crippen molar-refractivity contribution in [2.75, 3.05) is 13.2 Å². The maximum Gasteiger partial charge on any atom is 0.400 e. The van der Waals surface area contributed by atoms with Crippen LogP contribution >= 0.6 is 0 Å². The quantitative estimate of drug-likeness (QED) is 0.0649. The summed E-state index contributed by atoms with van der Waals surface area (Å²) >= 11 is 0. The molecule has 0 amide bonds. The molecular weight excluding hydrogens is 605 g/mol. The minimum Gasteiger partial charge on any atom is -0.394 e. The van der Waals surface area contributed by atoms with Gasteiger partial charge in [0.05, 0.1) is 18.8 Å².